The summed E-state index contributed by atoms with van der Waals surface area (Å²) in [5.74, 6) is 1.70. The van der Waals surface area contributed by atoms with E-state index in [1.54, 1.807) is 18.0 Å². The summed E-state index contributed by atoms with van der Waals surface area (Å²) in [4.78, 5) is 16.3. The van der Waals surface area contributed by atoms with E-state index >= 15 is 0 Å². The quantitative estimate of drug-likeness (QED) is 0.769. The Morgan fingerprint density at radius 2 is 2.21 bits per heavy atom. The third kappa shape index (κ3) is 5.51. The smallest absolute Gasteiger partial charge is 0.253 e. The van der Waals surface area contributed by atoms with Crippen molar-refractivity contribution in [2.24, 2.45) is 0 Å². The molecule has 1 atom stereocenters. The molecule has 2 N–H and O–H groups in total. The number of nitrogens with zero attached hydrogens (tertiary/aromatic N) is 1. The van der Waals surface area contributed by atoms with Gasteiger partial charge in [-0.3, -0.25) is 4.79 Å². The molecule has 106 valence electrons. The van der Waals surface area contributed by atoms with E-state index in [0.29, 0.717) is 5.56 Å². The number of anilines is 1. The molecule has 0 aliphatic rings. The molecule has 4 nitrogen and oxygen atoms in total. The standard InChI is InChI=1S/C14H23N3OS/c1-4-8-15-13-7-6-11(9-16-13)14(18)17-12(5-2)10-19-3/h6-7,9,12H,4-5,8,10H2,1-3H3,(H,15,16)(H,17,18). The summed E-state index contributed by atoms with van der Waals surface area (Å²) < 4.78 is 0. The number of carbonyl (C=O) groups is 1. The molecule has 1 amide bonds. The van der Waals surface area contributed by atoms with Gasteiger partial charge < -0.3 is 10.6 Å². The van der Waals surface area contributed by atoms with Crippen molar-refractivity contribution in [1.82, 2.24) is 10.3 Å². The molecule has 5 heteroatoms. The van der Waals surface area contributed by atoms with Crippen molar-refractivity contribution in [2.75, 3.05) is 23.9 Å². The van der Waals surface area contributed by atoms with Crippen molar-refractivity contribution < 1.29 is 4.79 Å². The zero-order valence-electron chi connectivity index (χ0n) is 11.9. The van der Waals surface area contributed by atoms with Crippen LogP contribution < -0.4 is 10.6 Å². The fourth-order valence-corrected chi connectivity index (χ4v) is 2.34. The second-order valence-corrected chi connectivity index (χ2v) is 5.30. The molecular formula is C14H23N3OS. The molecule has 0 aromatic carbocycles. The average Bonchev–Trinajstić information content (AvgIpc) is 2.45. The second-order valence-electron chi connectivity index (χ2n) is 4.39. The highest BCUT2D eigenvalue weighted by Gasteiger charge is 2.11. The summed E-state index contributed by atoms with van der Waals surface area (Å²) >= 11 is 1.74. The van der Waals surface area contributed by atoms with Gasteiger partial charge in [0.05, 0.1) is 5.56 Å². The van der Waals surface area contributed by atoms with Crippen LogP contribution in [0.4, 0.5) is 5.82 Å². The van der Waals surface area contributed by atoms with E-state index in [2.05, 4.69) is 29.5 Å². The number of thioether (sulfide) groups is 1. The van der Waals surface area contributed by atoms with Crippen LogP contribution in [0.5, 0.6) is 0 Å². The summed E-state index contributed by atoms with van der Waals surface area (Å²) in [6.07, 6.45) is 5.66. The third-order valence-electron chi connectivity index (χ3n) is 2.78. The van der Waals surface area contributed by atoms with Gasteiger partial charge in [0.15, 0.2) is 0 Å². The molecule has 0 fully saturated rings. The van der Waals surface area contributed by atoms with Crippen LogP contribution in [0.3, 0.4) is 0 Å². The Kier molecular flexibility index (Phi) is 7.33. The molecule has 0 bridgehead atoms. The van der Waals surface area contributed by atoms with Gasteiger partial charge in [-0.25, -0.2) is 4.98 Å². The minimum atomic E-state index is -0.0459. The van der Waals surface area contributed by atoms with Gasteiger partial charge >= 0.3 is 0 Å². The predicted octanol–water partition coefficient (Wildman–Crippen LogP) is 2.77. The van der Waals surface area contributed by atoms with Gasteiger partial charge in [0.2, 0.25) is 0 Å². The van der Waals surface area contributed by atoms with Crippen LogP contribution in [-0.2, 0) is 0 Å². The molecule has 1 aromatic heterocycles. The predicted molar refractivity (Wildman–Crippen MR) is 82.9 cm³/mol. The lowest BCUT2D eigenvalue weighted by Gasteiger charge is -2.15. The highest BCUT2D eigenvalue weighted by molar-refractivity contribution is 7.98. The van der Waals surface area contributed by atoms with E-state index in [9.17, 15) is 4.79 Å². The Labute approximate surface area is 119 Å². The fourth-order valence-electron chi connectivity index (χ4n) is 1.62. The molecule has 0 saturated carbocycles. The summed E-state index contributed by atoms with van der Waals surface area (Å²) in [6.45, 7) is 5.08. The number of aromatic nitrogens is 1. The zero-order chi connectivity index (χ0) is 14.1. The molecule has 1 heterocycles. The summed E-state index contributed by atoms with van der Waals surface area (Å²) in [6, 6.07) is 3.88. The van der Waals surface area contributed by atoms with Gasteiger partial charge in [0.1, 0.15) is 5.82 Å². The molecule has 1 unspecified atom stereocenters. The Morgan fingerprint density at radius 3 is 2.74 bits per heavy atom. The Morgan fingerprint density at radius 1 is 1.42 bits per heavy atom. The first kappa shape index (κ1) is 15.8. The largest absolute Gasteiger partial charge is 0.370 e. The number of rotatable bonds is 8. The van der Waals surface area contributed by atoms with Crippen molar-refractivity contribution in [3.8, 4) is 0 Å². The van der Waals surface area contributed by atoms with Crippen LogP contribution in [0.1, 0.15) is 37.0 Å². The maximum absolute atomic E-state index is 12.0. The van der Waals surface area contributed by atoms with E-state index in [-0.39, 0.29) is 11.9 Å². The molecule has 1 rings (SSSR count). The lowest BCUT2D eigenvalue weighted by atomic mass is 10.2. The van der Waals surface area contributed by atoms with Gasteiger partial charge in [0.25, 0.3) is 5.91 Å². The SMILES string of the molecule is CCCNc1ccc(C(=O)NC(CC)CSC)cn1. The van der Waals surface area contributed by atoms with Gasteiger partial charge in [-0.1, -0.05) is 13.8 Å². The van der Waals surface area contributed by atoms with Gasteiger partial charge in [-0.05, 0) is 31.2 Å². The molecular weight excluding hydrogens is 258 g/mol. The molecule has 0 saturated heterocycles. The molecule has 0 aliphatic heterocycles. The third-order valence-corrected chi connectivity index (χ3v) is 3.51. The Bertz CT molecular complexity index is 381. The fraction of sp³-hybridized carbons (Fsp3) is 0.571. The van der Waals surface area contributed by atoms with E-state index < -0.39 is 0 Å². The van der Waals surface area contributed by atoms with Gasteiger partial charge in [-0.2, -0.15) is 11.8 Å². The number of amides is 1. The molecule has 0 spiro atoms. The first-order chi connectivity index (χ1) is 9.21. The van der Waals surface area contributed by atoms with Crippen LogP contribution in [0.15, 0.2) is 18.3 Å². The highest BCUT2D eigenvalue weighted by atomic mass is 32.2. The van der Waals surface area contributed by atoms with Crippen LogP contribution in [0, 0.1) is 0 Å². The average molecular weight is 281 g/mol. The van der Waals surface area contributed by atoms with Crippen LogP contribution in [0.25, 0.3) is 0 Å². The van der Waals surface area contributed by atoms with Crippen molar-refractivity contribution in [3.05, 3.63) is 23.9 Å². The van der Waals surface area contributed by atoms with E-state index in [1.807, 2.05) is 18.4 Å². The molecule has 0 aliphatic carbocycles. The van der Waals surface area contributed by atoms with Crippen LogP contribution in [-0.4, -0.2) is 35.5 Å². The summed E-state index contributed by atoms with van der Waals surface area (Å²) in [5, 5.41) is 6.21. The normalized spacial score (nSPS) is 11.9. The van der Waals surface area contributed by atoms with Crippen molar-refractivity contribution in [1.29, 1.82) is 0 Å². The number of hydrogen-bond donors (Lipinski definition) is 2. The highest BCUT2D eigenvalue weighted by Crippen LogP contribution is 2.07. The van der Waals surface area contributed by atoms with Gasteiger partial charge in [0, 0.05) is 24.5 Å². The first-order valence-electron chi connectivity index (χ1n) is 6.71. The molecule has 1 aromatic rings. The van der Waals surface area contributed by atoms with E-state index in [4.69, 9.17) is 0 Å². The Hall–Kier alpha value is -1.23. The summed E-state index contributed by atoms with van der Waals surface area (Å²) in [7, 11) is 0. The number of nitrogens with one attached hydrogen (secondary N) is 2. The topological polar surface area (TPSA) is 54.0 Å². The van der Waals surface area contributed by atoms with Crippen molar-refractivity contribution >= 4 is 23.5 Å². The lowest BCUT2D eigenvalue weighted by molar-refractivity contribution is 0.0939. The van der Waals surface area contributed by atoms with Crippen molar-refractivity contribution in [3.63, 3.8) is 0 Å². The first-order valence-corrected chi connectivity index (χ1v) is 8.10. The minimum absolute atomic E-state index is 0.0459. The van der Waals surface area contributed by atoms with Crippen LogP contribution >= 0.6 is 11.8 Å². The Balaban J connectivity index is 2.56. The minimum Gasteiger partial charge on any atom is -0.370 e. The zero-order valence-corrected chi connectivity index (χ0v) is 12.7. The number of carbonyl (C=O) groups excluding carboxylic acids is 1. The van der Waals surface area contributed by atoms with E-state index in [1.165, 1.54) is 0 Å². The number of hydrogen-bond acceptors (Lipinski definition) is 4. The maximum Gasteiger partial charge on any atom is 0.253 e. The van der Waals surface area contributed by atoms with E-state index in [0.717, 1.165) is 31.0 Å². The van der Waals surface area contributed by atoms with Crippen LogP contribution in [0.2, 0.25) is 0 Å². The van der Waals surface area contributed by atoms with Gasteiger partial charge in [-0.15, -0.1) is 0 Å². The maximum atomic E-state index is 12.0. The van der Waals surface area contributed by atoms with Crippen molar-refractivity contribution in [2.45, 2.75) is 32.7 Å². The monoisotopic (exact) mass is 281 g/mol. The molecule has 19 heavy (non-hydrogen) atoms. The number of pyridine rings is 1. The second kappa shape index (κ2) is 8.80. The molecule has 0 radical (unpaired) electrons. The summed E-state index contributed by atoms with van der Waals surface area (Å²) in [5.41, 5.74) is 0.613. The lowest BCUT2D eigenvalue weighted by Crippen LogP contribution is -2.36.